The quantitative estimate of drug-likeness (QED) is 0.251. The van der Waals surface area contributed by atoms with E-state index in [0.717, 1.165) is 16.7 Å². The van der Waals surface area contributed by atoms with Gasteiger partial charge in [-0.1, -0.05) is 53.0 Å². The van der Waals surface area contributed by atoms with E-state index in [0.29, 0.717) is 26.2 Å². The van der Waals surface area contributed by atoms with Crippen molar-refractivity contribution in [1.82, 2.24) is 4.90 Å². The first-order chi connectivity index (χ1) is 16.1. The fraction of sp³-hybridized carbons (Fsp3) is 0.0435. The number of thioether (sulfide) groups is 1. The molecule has 0 unspecified atom stereocenters. The summed E-state index contributed by atoms with van der Waals surface area (Å²) in [7, 11) is -4.03. The zero-order chi connectivity index (χ0) is 24.5. The van der Waals surface area contributed by atoms with Crippen LogP contribution in [0.15, 0.2) is 76.5 Å². The highest BCUT2D eigenvalue weighted by atomic mass is 35.5. The van der Waals surface area contributed by atoms with Crippen LogP contribution in [0.4, 0.5) is 4.79 Å². The molecule has 3 aromatic carbocycles. The molecule has 0 saturated carbocycles. The van der Waals surface area contributed by atoms with Crippen molar-refractivity contribution >= 4 is 73.9 Å². The fourth-order valence-corrected chi connectivity index (χ4v) is 5.37. The molecule has 4 rings (SSSR count). The smallest absolute Gasteiger partial charge is 0.339 e. The molecule has 3 aromatic rings. The molecule has 0 atom stereocenters. The van der Waals surface area contributed by atoms with Crippen LogP contribution in [-0.2, 0) is 21.5 Å². The normalized spacial score (nSPS) is 15.3. The summed E-state index contributed by atoms with van der Waals surface area (Å²) < 4.78 is 29.9. The number of hydrogen-bond acceptors (Lipinski definition) is 6. The summed E-state index contributed by atoms with van der Waals surface area (Å²) in [6.45, 7) is 0.0212. The molecule has 1 heterocycles. The molecule has 1 saturated heterocycles. The molecule has 0 aromatic heterocycles. The van der Waals surface area contributed by atoms with Gasteiger partial charge in [0.15, 0.2) is 0 Å². The minimum atomic E-state index is -4.03. The number of rotatable bonds is 6. The van der Waals surface area contributed by atoms with Crippen molar-refractivity contribution in [3.8, 4) is 5.75 Å². The van der Waals surface area contributed by atoms with Gasteiger partial charge >= 0.3 is 10.1 Å². The molecule has 6 nitrogen and oxygen atoms in total. The molecule has 0 aliphatic carbocycles. The number of imide groups is 1. The van der Waals surface area contributed by atoms with E-state index in [-0.39, 0.29) is 22.1 Å². The van der Waals surface area contributed by atoms with E-state index in [4.69, 9.17) is 39.0 Å². The molecule has 1 aliphatic heterocycles. The summed E-state index contributed by atoms with van der Waals surface area (Å²) in [6, 6.07) is 16.5. The van der Waals surface area contributed by atoms with Crippen molar-refractivity contribution in [3.63, 3.8) is 0 Å². The van der Waals surface area contributed by atoms with Crippen LogP contribution in [0.2, 0.25) is 15.1 Å². The van der Waals surface area contributed by atoms with Gasteiger partial charge in [0.1, 0.15) is 10.6 Å². The minimum Gasteiger partial charge on any atom is -0.379 e. The van der Waals surface area contributed by atoms with E-state index < -0.39 is 21.3 Å². The molecule has 34 heavy (non-hydrogen) atoms. The topological polar surface area (TPSA) is 80.8 Å². The van der Waals surface area contributed by atoms with Crippen molar-refractivity contribution in [3.05, 3.63) is 97.8 Å². The maximum atomic E-state index is 12.8. The third kappa shape index (κ3) is 5.59. The Morgan fingerprint density at radius 2 is 1.53 bits per heavy atom. The summed E-state index contributed by atoms with van der Waals surface area (Å²) in [5.74, 6) is -0.357. The summed E-state index contributed by atoms with van der Waals surface area (Å²) in [6.07, 6.45) is 1.55. The number of carbonyl (C=O) groups is 2. The van der Waals surface area contributed by atoms with E-state index in [1.165, 1.54) is 36.4 Å². The largest absolute Gasteiger partial charge is 0.379 e. The Morgan fingerprint density at radius 1 is 0.882 bits per heavy atom. The molecule has 1 aliphatic rings. The van der Waals surface area contributed by atoms with Gasteiger partial charge in [-0.15, -0.1) is 0 Å². The molecule has 1 fully saturated rings. The second-order valence-corrected chi connectivity index (χ2v) is 10.9. The van der Waals surface area contributed by atoms with E-state index in [1.54, 1.807) is 36.4 Å². The van der Waals surface area contributed by atoms with Crippen molar-refractivity contribution in [1.29, 1.82) is 0 Å². The van der Waals surface area contributed by atoms with Gasteiger partial charge in [-0.3, -0.25) is 14.5 Å². The molecular formula is C23H14Cl3NO5S2. The number of amides is 2. The molecule has 174 valence electrons. The Labute approximate surface area is 215 Å². The first-order valence-corrected chi connectivity index (χ1v) is 13.0. The third-order valence-electron chi connectivity index (χ3n) is 4.70. The zero-order valence-corrected chi connectivity index (χ0v) is 21.0. The molecule has 0 radical (unpaired) electrons. The average Bonchev–Trinajstić information content (AvgIpc) is 3.04. The van der Waals surface area contributed by atoms with Gasteiger partial charge in [-0.25, -0.2) is 0 Å². The lowest BCUT2D eigenvalue weighted by Crippen LogP contribution is -2.27. The highest BCUT2D eigenvalue weighted by molar-refractivity contribution is 8.18. The van der Waals surface area contributed by atoms with Crippen molar-refractivity contribution in [2.24, 2.45) is 0 Å². The van der Waals surface area contributed by atoms with E-state index >= 15 is 0 Å². The SMILES string of the molecule is O=C1S/C(=C\c2ccc(OS(=O)(=O)c3ccc(Cl)cc3)cc2)C(=O)N1Cc1ccc(Cl)cc1Cl. The van der Waals surface area contributed by atoms with Gasteiger partial charge in [0.25, 0.3) is 11.1 Å². The van der Waals surface area contributed by atoms with Gasteiger partial charge in [0.05, 0.1) is 11.4 Å². The summed E-state index contributed by atoms with van der Waals surface area (Å²) >= 11 is 18.7. The lowest BCUT2D eigenvalue weighted by atomic mass is 10.2. The Hall–Kier alpha value is -2.49. The highest BCUT2D eigenvalue weighted by Crippen LogP contribution is 2.35. The van der Waals surface area contributed by atoms with Gasteiger partial charge in [0, 0.05) is 15.1 Å². The van der Waals surface area contributed by atoms with Gasteiger partial charge in [0.2, 0.25) is 0 Å². The van der Waals surface area contributed by atoms with Crippen LogP contribution >= 0.6 is 46.6 Å². The monoisotopic (exact) mass is 553 g/mol. The molecule has 0 bridgehead atoms. The minimum absolute atomic E-state index is 0.0212. The Bertz CT molecular complexity index is 1410. The lowest BCUT2D eigenvalue weighted by molar-refractivity contribution is -0.123. The van der Waals surface area contributed by atoms with Crippen molar-refractivity contribution in [2.75, 3.05) is 0 Å². The number of carbonyl (C=O) groups excluding carboxylic acids is 2. The molecule has 0 spiro atoms. The van der Waals surface area contributed by atoms with Gasteiger partial charge in [-0.2, -0.15) is 8.42 Å². The van der Waals surface area contributed by atoms with E-state index in [9.17, 15) is 18.0 Å². The van der Waals surface area contributed by atoms with Crippen LogP contribution < -0.4 is 4.18 Å². The van der Waals surface area contributed by atoms with E-state index in [1.807, 2.05) is 0 Å². The average molecular weight is 555 g/mol. The van der Waals surface area contributed by atoms with Gasteiger partial charge in [-0.05, 0) is 77.5 Å². The summed E-state index contributed by atoms with van der Waals surface area (Å²) in [5, 5.41) is 0.802. The van der Waals surface area contributed by atoms with E-state index in [2.05, 4.69) is 0 Å². The maximum absolute atomic E-state index is 12.8. The van der Waals surface area contributed by atoms with Crippen LogP contribution in [0, 0.1) is 0 Å². The maximum Gasteiger partial charge on any atom is 0.339 e. The van der Waals surface area contributed by atoms with Crippen LogP contribution in [0.3, 0.4) is 0 Å². The fourth-order valence-electron chi connectivity index (χ4n) is 3.00. The number of nitrogens with zero attached hydrogens (tertiary/aromatic N) is 1. The number of benzene rings is 3. The highest BCUT2D eigenvalue weighted by Gasteiger charge is 2.35. The Morgan fingerprint density at radius 3 is 2.18 bits per heavy atom. The third-order valence-corrected chi connectivity index (χ3v) is 7.71. The summed E-state index contributed by atoms with van der Waals surface area (Å²) in [5.41, 5.74) is 1.18. The van der Waals surface area contributed by atoms with Crippen molar-refractivity contribution in [2.45, 2.75) is 11.4 Å². The standard InChI is InChI=1S/C23H14Cl3NO5S2/c24-16-5-9-19(10-6-16)34(30,31)32-18-7-1-14(2-8-18)11-21-22(28)27(23(29)33-21)13-15-3-4-17(25)12-20(15)26/h1-12H,13H2/b21-11-. The number of hydrogen-bond donors (Lipinski definition) is 0. The number of halogens is 3. The van der Waals surface area contributed by atoms with Crippen LogP contribution in [-0.4, -0.2) is 24.5 Å². The zero-order valence-electron chi connectivity index (χ0n) is 17.1. The van der Waals surface area contributed by atoms with Gasteiger partial charge < -0.3 is 4.18 Å². The first-order valence-electron chi connectivity index (χ1n) is 9.62. The molecular weight excluding hydrogens is 541 g/mol. The Balaban J connectivity index is 1.47. The van der Waals surface area contributed by atoms with Crippen LogP contribution in [0.5, 0.6) is 5.75 Å². The Kier molecular flexibility index (Phi) is 7.25. The molecule has 11 heteroatoms. The van der Waals surface area contributed by atoms with Crippen LogP contribution in [0.25, 0.3) is 6.08 Å². The van der Waals surface area contributed by atoms with Crippen molar-refractivity contribution < 1.29 is 22.2 Å². The predicted octanol–water partition coefficient (Wildman–Crippen LogP) is 6.65. The summed E-state index contributed by atoms with van der Waals surface area (Å²) in [4.78, 5) is 26.5. The molecule has 0 N–H and O–H groups in total. The second-order valence-electron chi connectivity index (χ2n) is 7.06. The molecule has 2 amide bonds. The first kappa shape index (κ1) is 24.6. The van der Waals surface area contributed by atoms with Crippen LogP contribution in [0.1, 0.15) is 11.1 Å². The second kappa shape index (κ2) is 10.0. The lowest BCUT2D eigenvalue weighted by Gasteiger charge is -2.13. The predicted molar refractivity (Wildman–Crippen MR) is 134 cm³/mol.